The van der Waals surface area contributed by atoms with Crippen molar-refractivity contribution in [1.29, 1.82) is 0 Å². The number of guanidine groups is 1. The van der Waals surface area contributed by atoms with Gasteiger partial charge in [-0.25, -0.2) is 4.39 Å². The summed E-state index contributed by atoms with van der Waals surface area (Å²) in [5.74, 6) is 0.841. The molecule has 25 heavy (non-hydrogen) atoms. The second-order valence-corrected chi connectivity index (χ2v) is 5.38. The van der Waals surface area contributed by atoms with Crippen LogP contribution in [0.5, 0.6) is 5.75 Å². The lowest BCUT2D eigenvalue weighted by molar-refractivity contribution is 0.415. The van der Waals surface area contributed by atoms with Crippen LogP contribution in [-0.2, 0) is 6.42 Å². The van der Waals surface area contributed by atoms with Gasteiger partial charge in [-0.05, 0) is 42.3 Å². The molecule has 0 fully saturated rings. The van der Waals surface area contributed by atoms with Crippen LogP contribution in [0.15, 0.2) is 53.7 Å². The Kier molecular flexibility index (Phi) is 6.63. The molecular weight excluding hydrogens is 434 g/mol. The van der Waals surface area contributed by atoms with Gasteiger partial charge in [0.15, 0.2) is 5.96 Å². The fraction of sp³-hybridized carbons (Fsp3) is 0.167. The number of hydrogen-bond acceptors (Lipinski definition) is 2. The van der Waals surface area contributed by atoms with Crippen LogP contribution >= 0.6 is 24.0 Å². The van der Waals surface area contributed by atoms with Crippen LogP contribution in [0, 0.1) is 5.82 Å². The number of aromatic nitrogens is 1. The maximum Gasteiger partial charge on any atom is 0.193 e. The molecule has 2 aromatic carbocycles. The second kappa shape index (κ2) is 8.70. The normalized spacial score (nSPS) is 11.2. The number of methoxy groups -OCH3 is 1. The summed E-state index contributed by atoms with van der Waals surface area (Å²) < 4.78 is 18.4. The SMILES string of the molecule is COc1cccc(NC(N)=NCCc2c[nH]c3cc(F)ccc23)c1.I. The molecule has 132 valence electrons. The Labute approximate surface area is 162 Å². The maximum absolute atomic E-state index is 13.2. The lowest BCUT2D eigenvalue weighted by Crippen LogP contribution is -2.23. The van der Waals surface area contributed by atoms with Gasteiger partial charge in [0, 0.05) is 35.4 Å². The molecule has 0 amide bonds. The van der Waals surface area contributed by atoms with Crippen molar-refractivity contribution >= 4 is 46.5 Å². The Morgan fingerprint density at radius 1 is 1.28 bits per heavy atom. The lowest BCUT2D eigenvalue weighted by atomic mass is 10.1. The topological polar surface area (TPSA) is 75.4 Å². The molecule has 3 rings (SSSR count). The Balaban J connectivity index is 0.00000225. The number of aromatic amines is 1. The highest BCUT2D eigenvalue weighted by Gasteiger charge is 2.04. The second-order valence-electron chi connectivity index (χ2n) is 5.38. The number of halogens is 2. The van der Waals surface area contributed by atoms with E-state index in [-0.39, 0.29) is 29.8 Å². The van der Waals surface area contributed by atoms with Gasteiger partial charge in [0.25, 0.3) is 0 Å². The third kappa shape index (κ3) is 4.85. The van der Waals surface area contributed by atoms with Gasteiger partial charge in [0.05, 0.1) is 7.11 Å². The Hall–Kier alpha value is -2.29. The smallest absolute Gasteiger partial charge is 0.193 e. The maximum atomic E-state index is 13.2. The predicted molar refractivity (Wildman–Crippen MR) is 110 cm³/mol. The number of nitrogens with two attached hydrogens (primary N) is 1. The summed E-state index contributed by atoms with van der Waals surface area (Å²) in [7, 11) is 1.61. The first-order chi connectivity index (χ1) is 11.7. The minimum atomic E-state index is -0.249. The van der Waals surface area contributed by atoms with Crippen LogP contribution in [0.2, 0.25) is 0 Å². The number of aliphatic imine (C=N–C) groups is 1. The van der Waals surface area contributed by atoms with E-state index in [2.05, 4.69) is 15.3 Å². The van der Waals surface area contributed by atoms with Gasteiger partial charge in [-0.3, -0.25) is 4.99 Å². The highest BCUT2D eigenvalue weighted by Crippen LogP contribution is 2.20. The van der Waals surface area contributed by atoms with Crippen molar-refractivity contribution in [3.05, 3.63) is 60.0 Å². The van der Waals surface area contributed by atoms with Crippen LogP contribution < -0.4 is 15.8 Å². The molecule has 0 radical (unpaired) electrons. The number of nitrogens with one attached hydrogen (secondary N) is 2. The van der Waals surface area contributed by atoms with Gasteiger partial charge in [0.1, 0.15) is 11.6 Å². The minimum absolute atomic E-state index is 0. The van der Waals surface area contributed by atoms with Crippen molar-refractivity contribution in [3.63, 3.8) is 0 Å². The largest absolute Gasteiger partial charge is 0.497 e. The van der Waals surface area contributed by atoms with Crippen molar-refractivity contribution in [3.8, 4) is 5.75 Å². The van der Waals surface area contributed by atoms with Crippen LogP contribution in [0.3, 0.4) is 0 Å². The van der Waals surface area contributed by atoms with E-state index in [1.807, 2.05) is 30.5 Å². The average Bonchev–Trinajstić information content (AvgIpc) is 2.97. The van der Waals surface area contributed by atoms with Gasteiger partial charge in [0.2, 0.25) is 0 Å². The molecule has 1 heterocycles. The van der Waals surface area contributed by atoms with Crippen LogP contribution in [-0.4, -0.2) is 24.6 Å². The van der Waals surface area contributed by atoms with Gasteiger partial charge in [-0.1, -0.05) is 6.07 Å². The first-order valence-corrected chi connectivity index (χ1v) is 7.62. The Morgan fingerprint density at radius 2 is 2.12 bits per heavy atom. The summed E-state index contributed by atoms with van der Waals surface area (Å²) in [4.78, 5) is 7.40. The number of anilines is 1. The van der Waals surface area contributed by atoms with E-state index in [4.69, 9.17) is 10.5 Å². The first-order valence-electron chi connectivity index (χ1n) is 7.62. The Morgan fingerprint density at radius 3 is 2.92 bits per heavy atom. The summed E-state index contributed by atoms with van der Waals surface area (Å²) in [5.41, 5.74) is 8.60. The fourth-order valence-electron chi connectivity index (χ4n) is 2.55. The molecule has 0 atom stereocenters. The van der Waals surface area contributed by atoms with Crippen molar-refractivity contribution in [2.24, 2.45) is 10.7 Å². The molecule has 0 aliphatic heterocycles. The molecule has 0 spiro atoms. The average molecular weight is 454 g/mol. The van der Waals surface area contributed by atoms with Crippen LogP contribution in [0.1, 0.15) is 5.56 Å². The number of ether oxygens (including phenoxy) is 1. The molecule has 0 saturated carbocycles. The molecule has 0 saturated heterocycles. The zero-order valence-corrected chi connectivity index (χ0v) is 16.1. The highest BCUT2D eigenvalue weighted by molar-refractivity contribution is 14.0. The molecule has 0 bridgehead atoms. The van der Waals surface area contributed by atoms with Gasteiger partial charge < -0.3 is 20.8 Å². The zero-order valence-electron chi connectivity index (χ0n) is 13.8. The van der Waals surface area contributed by atoms with E-state index in [0.717, 1.165) is 27.9 Å². The molecule has 4 N–H and O–H groups in total. The Bertz CT molecular complexity index is 878. The molecule has 0 aliphatic carbocycles. The zero-order chi connectivity index (χ0) is 16.9. The van der Waals surface area contributed by atoms with Crippen LogP contribution in [0.4, 0.5) is 10.1 Å². The van der Waals surface area contributed by atoms with Crippen LogP contribution in [0.25, 0.3) is 10.9 Å². The summed E-state index contributed by atoms with van der Waals surface area (Å²) in [5, 5.41) is 4.04. The molecule has 0 unspecified atom stereocenters. The number of hydrogen-bond donors (Lipinski definition) is 3. The first kappa shape index (κ1) is 19.0. The van der Waals surface area contributed by atoms with E-state index in [0.29, 0.717) is 18.9 Å². The number of H-pyrrole nitrogens is 1. The number of fused-ring (bicyclic) bond motifs is 1. The van der Waals surface area contributed by atoms with Gasteiger partial charge >= 0.3 is 0 Å². The van der Waals surface area contributed by atoms with E-state index in [9.17, 15) is 4.39 Å². The van der Waals surface area contributed by atoms with Crippen molar-refractivity contribution < 1.29 is 9.13 Å². The molecule has 5 nitrogen and oxygen atoms in total. The van der Waals surface area contributed by atoms with E-state index in [1.165, 1.54) is 12.1 Å². The third-order valence-electron chi connectivity index (χ3n) is 3.73. The van der Waals surface area contributed by atoms with E-state index < -0.39 is 0 Å². The van der Waals surface area contributed by atoms with E-state index in [1.54, 1.807) is 13.2 Å². The molecule has 3 aromatic rings. The molecular formula is C18H20FIN4O. The monoisotopic (exact) mass is 454 g/mol. The van der Waals surface area contributed by atoms with E-state index >= 15 is 0 Å². The van der Waals surface area contributed by atoms with Crippen molar-refractivity contribution in [1.82, 2.24) is 4.98 Å². The summed E-state index contributed by atoms with van der Waals surface area (Å²) in [6.07, 6.45) is 2.59. The fourth-order valence-corrected chi connectivity index (χ4v) is 2.55. The van der Waals surface area contributed by atoms with Crippen molar-refractivity contribution in [2.45, 2.75) is 6.42 Å². The van der Waals surface area contributed by atoms with Gasteiger partial charge in [-0.15, -0.1) is 24.0 Å². The minimum Gasteiger partial charge on any atom is -0.497 e. The number of benzene rings is 2. The molecule has 7 heteroatoms. The van der Waals surface area contributed by atoms with Crippen molar-refractivity contribution in [2.75, 3.05) is 19.0 Å². The highest BCUT2D eigenvalue weighted by atomic mass is 127. The standard InChI is InChI=1S/C18H19FN4O.HI/c1-24-15-4-2-3-14(10-15)23-18(20)21-8-7-12-11-22-17-9-13(19)5-6-16(12)17;/h2-6,9-11,22H,7-8H2,1H3,(H3,20,21,23);1H. The lowest BCUT2D eigenvalue weighted by Gasteiger charge is -2.07. The number of rotatable bonds is 5. The quantitative estimate of drug-likeness (QED) is 0.311. The number of nitrogens with zero attached hydrogens (tertiary/aromatic N) is 1. The summed E-state index contributed by atoms with van der Waals surface area (Å²) in [6, 6.07) is 12.2. The molecule has 1 aromatic heterocycles. The molecule has 0 aliphatic rings. The van der Waals surface area contributed by atoms with Gasteiger partial charge in [-0.2, -0.15) is 0 Å². The predicted octanol–water partition coefficient (Wildman–Crippen LogP) is 3.90. The summed E-state index contributed by atoms with van der Waals surface area (Å²) >= 11 is 0. The summed E-state index contributed by atoms with van der Waals surface area (Å²) in [6.45, 7) is 0.535. The third-order valence-corrected chi connectivity index (χ3v) is 3.73.